The van der Waals surface area contributed by atoms with Crippen LogP contribution in [0.5, 0.6) is 10.9 Å². The van der Waals surface area contributed by atoms with Gasteiger partial charge in [-0.1, -0.05) is 32.9 Å². The summed E-state index contributed by atoms with van der Waals surface area (Å²) in [5.41, 5.74) is 6.32. The van der Waals surface area contributed by atoms with Crippen molar-refractivity contribution >= 4 is 17.2 Å². The number of nitrogens with zero attached hydrogens (tertiary/aromatic N) is 2. The second kappa shape index (κ2) is 4.33. The van der Waals surface area contributed by atoms with Gasteiger partial charge in [0.15, 0.2) is 11.6 Å². The van der Waals surface area contributed by atoms with E-state index in [-0.39, 0.29) is 5.41 Å². The Balaban J connectivity index is 2.21. The normalized spacial score (nSPS) is 11.5. The lowest BCUT2D eigenvalue weighted by Crippen LogP contribution is -2.12. The van der Waals surface area contributed by atoms with Crippen LogP contribution < -0.4 is 10.5 Å². The van der Waals surface area contributed by atoms with Gasteiger partial charge in [0.05, 0.1) is 5.69 Å². The van der Waals surface area contributed by atoms with Crippen molar-refractivity contribution in [3.05, 3.63) is 30.1 Å². The summed E-state index contributed by atoms with van der Waals surface area (Å²) >= 11 is 1.24. The molecular formula is C12H15N3OS. The molecule has 5 heteroatoms. The second-order valence-electron chi connectivity index (χ2n) is 4.77. The fourth-order valence-electron chi connectivity index (χ4n) is 1.22. The van der Waals surface area contributed by atoms with Crippen molar-refractivity contribution in [1.29, 1.82) is 0 Å². The summed E-state index contributed by atoms with van der Waals surface area (Å²) in [5, 5.41) is 0.521. The van der Waals surface area contributed by atoms with Gasteiger partial charge in [0, 0.05) is 16.9 Å². The van der Waals surface area contributed by atoms with E-state index >= 15 is 0 Å². The van der Waals surface area contributed by atoms with Crippen LogP contribution >= 0.6 is 11.5 Å². The first-order valence-corrected chi connectivity index (χ1v) is 6.11. The molecule has 17 heavy (non-hydrogen) atoms. The smallest absolute Gasteiger partial charge is 0.298 e. The molecule has 0 amide bonds. The molecule has 0 atom stereocenters. The van der Waals surface area contributed by atoms with E-state index in [1.807, 2.05) is 18.2 Å². The summed E-state index contributed by atoms with van der Waals surface area (Å²) < 4.78 is 9.88. The first-order chi connectivity index (χ1) is 7.97. The molecule has 1 aromatic carbocycles. The minimum Gasteiger partial charge on any atom is -0.428 e. The van der Waals surface area contributed by atoms with Crippen molar-refractivity contribution in [3.8, 4) is 10.9 Å². The van der Waals surface area contributed by atoms with Crippen molar-refractivity contribution in [2.24, 2.45) is 0 Å². The fraction of sp³-hybridized carbons (Fsp3) is 0.333. The third kappa shape index (κ3) is 2.74. The molecule has 0 radical (unpaired) electrons. The highest BCUT2D eigenvalue weighted by molar-refractivity contribution is 7.07. The standard InChI is InChI=1S/C12H15N3OS/c1-12(2,3)10-14-11(17-15-10)16-9-7-5-4-6-8(9)13/h4-7H,13H2,1-3H3. The number of nitrogen functional groups attached to an aromatic ring is 1. The lowest BCUT2D eigenvalue weighted by molar-refractivity contribution is 0.470. The SMILES string of the molecule is CC(C)(C)c1nsc(Oc2ccccc2N)n1. The predicted molar refractivity (Wildman–Crippen MR) is 69.5 cm³/mol. The number of ether oxygens (including phenoxy) is 1. The van der Waals surface area contributed by atoms with Gasteiger partial charge >= 0.3 is 0 Å². The van der Waals surface area contributed by atoms with E-state index < -0.39 is 0 Å². The number of benzene rings is 1. The maximum absolute atomic E-state index is 5.79. The highest BCUT2D eigenvalue weighted by Gasteiger charge is 2.20. The fourth-order valence-corrected chi connectivity index (χ4v) is 1.96. The third-order valence-electron chi connectivity index (χ3n) is 2.19. The molecule has 0 saturated carbocycles. The van der Waals surface area contributed by atoms with Crippen molar-refractivity contribution in [1.82, 2.24) is 9.36 Å². The molecule has 2 N–H and O–H groups in total. The molecule has 0 spiro atoms. The number of rotatable bonds is 2. The van der Waals surface area contributed by atoms with Crippen LogP contribution in [0, 0.1) is 0 Å². The van der Waals surface area contributed by atoms with E-state index in [9.17, 15) is 0 Å². The van der Waals surface area contributed by atoms with Gasteiger partial charge in [-0.25, -0.2) is 0 Å². The number of para-hydroxylation sites is 2. The van der Waals surface area contributed by atoms with Gasteiger partial charge in [-0.3, -0.25) is 0 Å². The minimum atomic E-state index is -0.0691. The van der Waals surface area contributed by atoms with Gasteiger partial charge in [-0.05, 0) is 12.1 Å². The molecule has 2 rings (SSSR count). The lowest BCUT2D eigenvalue weighted by atomic mass is 9.96. The summed E-state index contributed by atoms with van der Waals surface area (Å²) in [6, 6.07) is 7.34. The van der Waals surface area contributed by atoms with Crippen molar-refractivity contribution in [2.75, 3.05) is 5.73 Å². The van der Waals surface area contributed by atoms with Crippen molar-refractivity contribution in [3.63, 3.8) is 0 Å². The molecule has 1 aromatic heterocycles. The average Bonchev–Trinajstić information content (AvgIpc) is 2.69. The Labute approximate surface area is 105 Å². The molecule has 0 saturated heterocycles. The molecule has 90 valence electrons. The molecule has 0 aliphatic rings. The Morgan fingerprint density at radius 1 is 1.24 bits per heavy atom. The van der Waals surface area contributed by atoms with Crippen LogP contribution in [0.4, 0.5) is 5.69 Å². The van der Waals surface area contributed by atoms with E-state index in [2.05, 4.69) is 30.1 Å². The molecule has 0 aliphatic carbocycles. The van der Waals surface area contributed by atoms with Gasteiger partial charge in [-0.15, -0.1) is 0 Å². The van der Waals surface area contributed by atoms with Crippen LogP contribution in [0.2, 0.25) is 0 Å². The van der Waals surface area contributed by atoms with Gasteiger partial charge < -0.3 is 10.5 Å². The first kappa shape index (κ1) is 11.9. The van der Waals surface area contributed by atoms with Gasteiger partial charge in [0.2, 0.25) is 0 Å². The average molecular weight is 249 g/mol. The highest BCUT2D eigenvalue weighted by Crippen LogP contribution is 2.30. The van der Waals surface area contributed by atoms with Crippen molar-refractivity contribution in [2.45, 2.75) is 26.2 Å². The van der Waals surface area contributed by atoms with Crippen LogP contribution in [0.3, 0.4) is 0 Å². The summed E-state index contributed by atoms with van der Waals surface area (Å²) in [6.07, 6.45) is 0. The van der Waals surface area contributed by atoms with Crippen LogP contribution in [0.1, 0.15) is 26.6 Å². The zero-order valence-corrected chi connectivity index (χ0v) is 10.9. The maximum atomic E-state index is 5.79. The number of nitrogens with two attached hydrogens (primary N) is 1. The minimum absolute atomic E-state index is 0.0691. The van der Waals surface area contributed by atoms with E-state index in [1.165, 1.54) is 11.5 Å². The summed E-state index contributed by atoms with van der Waals surface area (Å²) in [5.74, 6) is 1.40. The van der Waals surface area contributed by atoms with Crippen LogP contribution in [-0.2, 0) is 5.41 Å². The molecule has 0 fully saturated rings. The molecular weight excluding hydrogens is 234 g/mol. The van der Waals surface area contributed by atoms with Crippen LogP contribution in [0.15, 0.2) is 24.3 Å². The summed E-state index contributed by atoms with van der Waals surface area (Å²) in [4.78, 5) is 4.35. The molecule has 0 aliphatic heterocycles. The van der Waals surface area contributed by atoms with E-state index in [0.29, 0.717) is 16.6 Å². The van der Waals surface area contributed by atoms with Gasteiger partial charge in [-0.2, -0.15) is 9.36 Å². The Hall–Kier alpha value is -1.62. The Bertz CT molecular complexity index is 516. The molecule has 1 heterocycles. The van der Waals surface area contributed by atoms with Gasteiger partial charge in [0.25, 0.3) is 5.19 Å². The van der Waals surface area contributed by atoms with E-state index in [4.69, 9.17) is 10.5 Å². The molecule has 0 unspecified atom stereocenters. The first-order valence-electron chi connectivity index (χ1n) is 5.33. The molecule has 2 aromatic rings. The quantitative estimate of drug-likeness (QED) is 0.830. The number of anilines is 1. The zero-order valence-electron chi connectivity index (χ0n) is 10.1. The molecule has 4 nitrogen and oxygen atoms in total. The van der Waals surface area contributed by atoms with Crippen LogP contribution in [-0.4, -0.2) is 9.36 Å². The predicted octanol–water partition coefficient (Wildman–Crippen LogP) is 3.21. The topological polar surface area (TPSA) is 61.0 Å². The summed E-state index contributed by atoms with van der Waals surface area (Å²) in [7, 11) is 0. The van der Waals surface area contributed by atoms with E-state index in [0.717, 1.165) is 5.82 Å². The Morgan fingerprint density at radius 2 is 1.94 bits per heavy atom. The van der Waals surface area contributed by atoms with Gasteiger partial charge in [0.1, 0.15) is 0 Å². The Kier molecular flexibility index (Phi) is 3.02. The third-order valence-corrected chi connectivity index (χ3v) is 2.79. The molecule has 0 bridgehead atoms. The Morgan fingerprint density at radius 3 is 2.53 bits per heavy atom. The number of hydrogen-bond acceptors (Lipinski definition) is 5. The second-order valence-corrected chi connectivity index (χ2v) is 5.49. The highest BCUT2D eigenvalue weighted by atomic mass is 32.1. The van der Waals surface area contributed by atoms with Crippen molar-refractivity contribution < 1.29 is 4.74 Å². The lowest BCUT2D eigenvalue weighted by Gasteiger charge is -2.12. The number of hydrogen-bond donors (Lipinski definition) is 1. The number of aromatic nitrogens is 2. The monoisotopic (exact) mass is 249 g/mol. The zero-order chi connectivity index (χ0) is 12.5. The summed E-state index contributed by atoms with van der Waals surface area (Å²) in [6.45, 7) is 6.20. The largest absolute Gasteiger partial charge is 0.428 e. The van der Waals surface area contributed by atoms with E-state index in [1.54, 1.807) is 6.07 Å². The maximum Gasteiger partial charge on any atom is 0.298 e. The van der Waals surface area contributed by atoms with Crippen LogP contribution in [0.25, 0.3) is 0 Å².